The summed E-state index contributed by atoms with van der Waals surface area (Å²) in [7, 11) is -6.56. The first-order valence-electron chi connectivity index (χ1n) is 11.2. The van der Waals surface area contributed by atoms with Gasteiger partial charge in [0, 0.05) is 19.5 Å². The van der Waals surface area contributed by atoms with Crippen LogP contribution in [0.3, 0.4) is 0 Å². The third kappa shape index (κ3) is 7.17. The second kappa shape index (κ2) is 11.3. The molecule has 2 aromatic carbocycles. The number of benzene rings is 2. The molecule has 0 saturated heterocycles. The van der Waals surface area contributed by atoms with Gasteiger partial charge >= 0.3 is 15.6 Å². The minimum Gasteiger partial charge on any atom is -0.497 e. The van der Waals surface area contributed by atoms with Crippen LogP contribution in [0.5, 0.6) is 11.5 Å². The second-order valence-electron chi connectivity index (χ2n) is 8.64. The maximum atomic E-state index is 13.6. The van der Waals surface area contributed by atoms with Crippen LogP contribution in [-0.2, 0) is 37.4 Å². The number of allylic oxidation sites excluding steroid dienone is 2. The average molecular weight is 564 g/mol. The molecule has 0 aliphatic heterocycles. The molecule has 0 amide bonds. The molecule has 0 heterocycles. The van der Waals surface area contributed by atoms with Gasteiger partial charge in [0.25, 0.3) is 0 Å². The minimum absolute atomic E-state index is 0.0847. The van der Waals surface area contributed by atoms with Gasteiger partial charge in [-0.25, -0.2) is 8.42 Å². The number of sulfonamides is 1. The first-order chi connectivity index (χ1) is 17.2. The molecule has 0 bridgehead atoms. The van der Waals surface area contributed by atoms with E-state index in [1.54, 1.807) is 48.5 Å². The van der Waals surface area contributed by atoms with Crippen LogP contribution < -0.4 is 9.47 Å². The molecule has 2 atom stereocenters. The van der Waals surface area contributed by atoms with Crippen molar-refractivity contribution in [3.63, 3.8) is 0 Å². The van der Waals surface area contributed by atoms with E-state index in [4.69, 9.17) is 9.47 Å². The highest BCUT2D eigenvalue weighted by molar-refractivity contribution is 7.89. The van der Waals surface area contributed by atoms with Gasteiger partial charge in [-0.15, -0.1) is 0 Å². The van der Waals surface area contributed by atoms with Gasteiger partial charge in [-0.05, 0) is 60.7 Å². The van der Waals surface area contributed by atoms with E-state index in [1.807, 2.05) is 0 Å². The Morgan fingerprint density at radius 2 is 1.32 bits per heavy atom. The highest BCUT2D eigenvalue weighted by Gasteiger charge is 2.49. The fourth-order valence-electron chi connectivity index (χ4n) is 3.80. The van der Waals surface area contributed by atoms with Crippen LogP contribution in [0.1, 0.15) is 30.9 Å². The van der Waals surface area contributed by atoms with E-state index in [-0.39, 0.29) is 31.7 Å². The molecular formula is C24H28F3NO7S2. The first kappa shape index (κ1) is 28.8. The number of halogens is 3. The van der Waals surface area contributed by atoms with E-state index in [0.717, 1.165) is 11.1 Å². The van der Waals surface area contributed by atoms with Gasteiger partial charge < -0.3 is 13.7 Å². The van der Waals surface area contributed by atoms with E-state index in [0.29, 0.717) is 11.5 Å². The fraction of sp³-hybridized carbons (Fsp3) is 0.417. The molecule has 8 nitrogen and oxygen atoms in total. The molecule has 0 saturated carbocycles. The van der Waals surface area contributed by atoms with Crippen molar-refractivity contribution in [2.45, 2.75) is 43.6 Å². The minimum atomic E-state index is -5.74. The fourth-order valence-corrected chi connectivity index (χ4v) is 5.95. The normalized spacial score (nSPS) is 17.1. The Hall–Kier alpha value is -2.77. The molecule has 13 heteroatoms. The van der Waals surface area contributed by atoms with Gasteiger partial charge in [0.05, 0.1) is 19.5 Å². The van der Waals surface area contributed by atoms with Crippen molar-refractivity contribution in [3.8, 4) is 11.5 Å². The Balaban J connectivity index is 1.76. The van der Waals surface area contributed by atoms with Crippen molar-refractivity contribution in [1.82, 2.24) is 4.31 Å². The molecule has 1 aliphatic carbocycles. The predicted octanol–water partition coefficient (Wildman–Crippen LogP) is 4.58. The van der Waals surface area contributed by atoms with Crippen LogP contribution in [0.15, 0.2) is 60.4 Å². The van der Waals surface area contributed by atoms with Crippen LogP contribution in [0.2, 0.25) is 0 Å². The van der Waals surface area contributed by atoms with Crippen molar-refractivity contribution in [2.24, 2.45) is 5.92 Å². The van der Waals surface area contributed by atoms with Crippen LogP contribution in [0.4, 0.5) is 13.2 Å². The van der Waals surface area contributed by atoms with E-state index in [2.05, 4.69) is 4.18 Å². The van der Waals surface area contributed by atoms with Crippen LogP contribution in [0.25, 0.3) is 0 Å². The summed E-state index contributed by atoms with van der Waals surface area (Å²) in [5.74, 6) is 0.472. The molecule has 0 radical (unpaired) electrons. The number of hydrogen-bond donors (Lipinski definition) is 0. The summed E-state index contributed by atoms with van der Waals surface area (Å²) in [6.07, 6.45) is 1.20. The number of nitrogens with zero attached hydrogens (tertiary/aromatic N) is 1. The van der Waals surface area contributed by atoms with E-state index >= 15 is 0 Å². The standard InChI is InChI=1S/C24H28F3NO7S2/c1-17(12-20-13-23(14-20)35-37(31,32)24(25,26)27)36(29,30)28(15-18-4-8-21(33-2)9-5-18)16-19-6-10-22(34-3)11-7-19/h4-11,13,17,20H,12,14-16H2,1-3H3/t17-,20-/m0/s1. The Labute approximate surface area is 214 Å². The zero-order valence-electron chi connectivity index (χ0n) is 20.4. The quantitative estimate of drug-likeness (QED) is 0.275. The maximum absolute atomic E-state index is 13.6. The lowest BCUT2D eigenvalue weighted by molar-refractivity contribution is -0.0527. The van der Waals surface area contributed by atoms with Gasteiger partial charge in [0.15, 0.2) is 0 Å². The molecule has 1 aliphatic rings. The molecule has 37 heavy (non-hydrogen) atoms. The Morgan fingerprint density at radius 1 is 0.892 bits per heavy atom. The highest BCUT2D eigenvalue weighted by Crippen LogP contribution is 2.37. The lowest BCUT2D eigenvalue weighted by Crippen LogP contribution is -2.38. The Bertz CT molecular complexity index is 1260. The van der Waals surface area contributed by atoms with Crippen molar-refractivity contribution in [3.05, 3.63) is 71.5 Å². The number of ether oxygens (including phenoxy) is 2. The van der Waals surface area contributed by atoms with Crippen LogP contribution in [-0.4, -0.2) is 46.1 Å². The largest absolute Gasteiger partial charge is 0.534 e. The second-order valence-corrected chi connectivity index (χ2v) is 12.5. The molecule has 2 aromatic rings. The molecule has 0 aromatic heterocycles. The summed E-state index contributed by atoms with van der Waals surface area (Å²) in [6.45, 7) is 1.69. The molecule has 0 N–H and O–H groups in total. The molecule has 0 fully saturated rings. The Morgan fingerprint density at radius 3 is 1.70 bits per heavy atom. The predicted molar refractivity (Wildman–Crippen MR) is 130 cm³/mol. The number of methoxy groups -OCH3 is 2. The van der Waals surface area contributed by atoms with Crippen molar-refractivity contribution in [2.75, 3.05) is 14.2 Å². The summed E-state index contributed by atoms with van der Waals surface area (Å²) in [5.41, 5.74) is -4.05. The third-order valence-corrected chi connectivity index (χ3v) is 9.11. The zero-order chi connectivity index (χ0) is 27.4. The lowest BCUT2D eigenvalue weighted by atomic mass is 9.89. The summed E-state index contributed by atoms with van der Waals surface area (Å²) < 4.78 is 103. The van der Waals surface area contributed by atoms with Crippen molar-refractivity contribution in [1.29, 1.82) is 0 Å². The van der Waals surface area contributed by atoms with E-state index < -0.39 is 36.8 Å². The summed E-state index contributed by atoms with van der Waals surface area (Å²) in [4.78, 5) is 0. The monoisotopic (exact) mass is 563 g/mol. The molecule has 0 unspecified atom stereocenters. The zero-order valence-corrected chi connectivity index (χ0v) is 22.1. The van der Waals surface area contributed by atoms with E-state index in [1.165, 1.54) is 31.5 Å². The van der Waals surface area contributed by atoms with Crippen molar-refractivity contribution >= 4 is 20.1 Å². The molecule has 3 rings (SSSR count). The summed E-state index contributed by atoms with van der Waals surface area (Å²) in [6, 6.07) is 14.0. The number of rotatable bonds is 12. The Kier molecular flexibility index (Phi) is 8.81. The SMILES string of the molecule is COc1ccc(CN(Cc2ccc(OC)cc2)S(=O)(=O)[C@@H](C)C[C@H]2C=C(OS(=O)(=O)C(F)(F)F)C2)cc1. The van der Waals surface area contributed by atoms with Gasteiger partial charge in [0.2, 0.25) is 10.0 Å². The van der Waals surface area contributed by atoms with Gasteiger partial charge in [-0.1, -0.05) is 24.3 Å². The molecule has 0 spiro atoms. The molecular weight excluding hydrogens is 535 g/mol. The topological polar surface area (TPSA) is 99.2 Å². The van der Waals surface area contributed by atoms with Crippen molar-refractivity contribution < 1.29 is 43.7 Å². The lowest BCUT2D eigenvalue weighted by Gasteiger charge is -2.30. The summed E-state index contributed by atoms with van der Waals surface area (Å²) in [5, 5.41) is -0.897. The maximum Gasteiger partial charge on any atom is 0.534 e. The molecule has 204 valence electrons. The first-order valence-corrected chi connectivity index (χ1v) is 14.1. The third-order valence-electron chi connectivity index (χ3n) is 5.92. The highest BCUT2D eigenvalue weighted by atomic mass is 32.2. The number of hydrogen-bond acceptors (Lipinski definition) is 7. The number of alkyl halides is 3. The van der Waals surface area contributed by atoms with Gasteiger partial charge in [-0.3, -0.25) is 0 Å². The van der Waals surface area contributed by atoms with E-state index in [9.17, 15) is 30.0 Å². The van der Waals surface area contributed by atoms with Crippen LogP contribution in [0, 0.1) is 5.92 Å². The van der Waals surface area contributed by atoms with Crippen LogP contribution >= 0.6 is 0 Å². The van der Waals surface area contributed by atoms with Gasteiger partial charge in [0.1, 0.15) is 17.3 Å². The summed E-state index contributed by atoms with van der Waals surface area (Å²) >= 11 is 0. The smallest absolute Gasteiger partial charge is 0.497 e. The van der Waals surface area contributed by atoms with Gasteiger partial charge in [-0.2, -0.15) is 25.9 Å². The average Bonchev–Trinajstić information content (AvgIpc) is 2.82.